The smallest absolute Gasteiger partial charge is 0.252 e. The molecule has 6 heteroatoms. The number of aryl methyl sites for hydroxylation is 2. The zero-order chi connectivity index (χ0) is 23.9. The third-order valence-corrected chi connectivity index (χ3v) is 5.82. The molecule has 0 bridgehead atoms. The van der Waals surface area contributed by atoms with Crippen LogP contribution in [0, 0.1) is 13.8 Å². The molecule has 2 aromatic heterocycles. The van der Waals surface area contributed by atoms with Gasteiger partial charge in [-0.3, -0.25) is 19.6 Å². The summed E-state index contributed by atoms with van der Waals surface area (Å²) in [4.78, 5) is 34.9. The van der Waals surface area contributed by atoms with Gasteiger partial charge in [0.05, 0.1) is 12.1 Å². The number of aromatic nitrogens is 2. The third kappa shape index (κ3) is 5.18. The van der Waals surface area contributed by atoms with Crippen molar-refractivity contribution in [3.63, 3.8) is 0 Å². The van der Waals surface area contributed by atoms with Crippen LogP contribution in [0.4, 0.5) is 0 Å². The maximum absolute atomic E-state index is 13.3. The predicted octanol–water partition coefficient (Wildman–Crippen LogP) is 4.74. The van der Waals surface area contributed by atoms with Crippen molar-refractivity contribution in [3.8, 4) is 0 Å². The maximum atomic E-state index is 13.3. The number of hydrogen-bond donors (Lipinski definition) is 2. The molecule has 2 amide bonds. The first-order chi connectivity index (χ1) is 16.5. The van der Waals surface area contributed by atoms with Gasteiger partial charge < -0.3 is 10.6 Å². The summed E-state index contributed by atoms with van der Waals surface area (Å²) >= 11 is 0. The van der Waals surface area contributed by atoms with E-state index in [9.17, 15) is 9.59 Å². The zero-order valence-electron chi connectivity index (χ0n) is 19.1. The van der Waals surface area contributed by atoms with Gasteiger partial charge in [-0.05, 0) is 72.5 Å². The Kier molecular flexibility index (Phi) is 7.08. The lowest BCUT2D eigenvalue weighted by atomic mass is 9.93. The maximum Gasteiger partial charge on any atom is 0.252 e. The van der Waals surface area contributed by atoms with E-state index in [1.807, 2.05) is 74.5 Å². The van der Waals surface area contributed by atoms with Crippen molar-refractivity contribution in [3.05, 3.63) is 131 Å². The Labute approximate surface area is 199 Å². The first-order valence-corrected chi connectivity index (χ1v) is 11.1. The van der Waals surface area contributed by atoms with Crippen molar-refractivity contribution in [2.24, 2.45) is 0 Å². The Bertz CT molecular complexity index is 1170. The van der Waals surface area contributed by atoms with Gasteiger partial charge >= 0.3 is 0 Å². The molecule has 4 aromatic rings. The summed E-state index contributed by atoms with van der Waals surface area (Å²) in [6.07, 6.45) is 6.70. The van der Waals surface area contributed by atoms with E-state index in [1.165, 1.54) is 0 Å². The van der Waals surface area contributed by atoms with Gasteiger partial charge in [-0.2, -0.15) is 0 Å². The second-order valence-electron chi connectivity index (χ2n) is 8.09. The quantitative estimate of drug-likeness (QED) is 0.426. The van der Waals surface area contributed by atoms with Crippen LogP contribution in [0.2, 0.25) is 0 Å². The van der Waals surface area contributed by atoms with Crippen LogP contribution in [-0.4, -0.2) is 21.8 Å². The zero-order valence-corrected chi connectivity index (χ0v) is 19.1. The fourth-order valence-corrected chi connectivity index (χ4v) is 3.95. The van der Waals surface area contributed by atoms with E-state index in [0.717, 1.165) is 22.3 Å². The fraction of sp³-hybridized carbons (Fsp3) is 0.143. The summed E-state index contributed by atoms with van der Waals surface area (Å²) in [6, 6.07) is 21.1. The van der Waals surface area contributed by atoms with Crippen LogP contribution in [0.5, 0.6) is 0 Å². The SMILES string of the molecule is Cc1ccccc1C(=O)N[C@H](c1ccncc1)[C@@H](NC(=O)c1ccccc1C)c1ccncc1. The minimum absolute atomic E-state index is 0.218. The molecule has 0 spiro atoms. The molecule has 0 aliphatic carbocycles. The molecule has 2 N–H and O–H groups in total. The number of carbonyl (C=O) groups excluding carboxylic acids is 2. The Morgan fingerprint density at radius 2 is 0.941 bits per heavy atom. The highest BCUT2D eigenvalue weighted by Gasteiger charge is 2.29. The molecule has 2 heterocycles. The summed E-state index contributed by atoms with van der Waals surface area (Å²) in [5.41, 5.74) is 4.56. The minimum Gasteiger partial charge on any atom is -0.343 e. The number of benzene rings is 2. The number of nitrogens with one attached hydrogen (secondary N) is 2. The van der Waals surface area contributed by atoms with E-state index in [1.54, 1.807) is 36.9 Å². The van der Waals surface area contributed by atoms with E-state index in [2.05, 4.69) is 20.6 Å². The fourth-order valence-electron chi connectivity index (χ4n) is 3.95. The molecule has 0 saturated carbocycles. The molecule has 0 saturated heterocycles. The summed E-state index contributed by atoms with van der Waals surface area (Å²) < 4.78 is 0. The number of hydrogen-bond acceptors (Lipinski definition) is 4. The van der Waals surface area contributed by atoms with E-state index in [4.69, 9.17) is 0 Å². The van der Waals surface area contributed by atoms with Gasteiger partial charge in [0.1, 0.15) is 0 Å². The number of amides is 2. The Morgan fingerprint density at radius 3 is 1.29 bits per heavy atom. The van der Waals surface area contributed by atoms with Crippen molar-refractivity contribution in [2.45, 2.75) is 25.9 Å². The predicted molar refractivity (Wildman–Crippen MR) is 131 cm³/mol. The van der Waals surface area contributed by atoms with Crippen molar-refractivity contribution in [2.75, 3.05) is 0 Å². The van der Waals surface area contributed by atoms with E-state index < -0.39 is 12.1 Å². The lowest BCUT2D eigenvalue weighted by molar-refractivity contribution is 0.0881. The Hall–Kier alpha value is -4.32. The van der Waals surface area contributed by atoms with Gasteiger partial charge in [-0.15, -0.1) is 0 Å². The molecule has 170 valence electrons. The second-order valence-corrected chi connectivity index (χ2v) is 8.09. The summed E-state index contributed by atoms with van der Waals surface area (Å²) in [5.74, 6) is -0.437. The van der Waals surface area contributed by atoms with E-state index >= 15 is 0 Å². The molecule has 0 unspecified atom stereocenters. The molecule has 34 heavy (non-hydrogen) atoms. The molecule has 0 fully saturated rings. The van der Waals surface area contributed by atoms with Crippen LogP contribution in [-0.2, 0) is 0 Å². The topological polar surface area (TPSA) is 84.0 Å². The second kappa shape index (κ2) is 10.5. The highest BCUT2D eigenvalue weighted by Crippen LogP contribution is 2.30. The number of rotatable bonds is 7. The van der Waals surface area contributed by atoms with Gasteiger partial charge in [0.25, 0.3) is 11.8 Å². The van der Waals surface area contributed by atoms with Gasteiger partial charge in [0.2, 0.25) is 0 Å². The van der Waals surface area contributed by atoms with Crippen LogP contribution in [0.15, 0.2) is 97.6 Å². The van der Waals surface area contributed by atoms with Crippen LogP contribution < -0.4 is 10.6 Å². The number of carbonyl (C=O) groups is 2. The summed E-state index contributed by atoms with van der Waals surface area (Å²) in [7, 11) is 0. The van der Waals surface area contributed by atoms with Gasteiger partial charge in [-0.25, -0.2) is 0 Å². The van der Waals surface area contributed by atoms with Gasteiger partial charge in [0.15, 0.2) is 0 Å². The monoisotopic (exact) mass is 450 g/mol. The van der Waals surface area contributed by atoms with E-state index in [-0.39, 0.29) is 11.8 Å². The Balaban J connectivity index is 1.75. The standard InChI is InChI=1S/C28H26N4O2/c1-19-7-3-5-9-23(19)27(33)31-25(21-11-15-29-16-12-21)26(22-13-17-30-18-14-22)32-28(34)24-10-6-4-8-20(24)2/h3-18,25-26H,1-2H3,(H,31,33)(H,32,34)/t25-,26+. The molecular formula is C28H26N4O2. The largest absolute Gasteiger partial charge is 0.343 e. The first kappa shape index (κ1) is 22.9. The third-order valence-electron chi connectivity index (χ3n) is 5.82. The molecule has 0 aliphatic rings. The molecular weight excluding hydrogens is 424 g/mol. The van der Waals surface area contributed by atoms with Gasteiger partial charge in [0, 0.05) is 35.9 Å². The molecule has 2 atom stereocenters. The molecule has 0 aliphatic heterocycles. The number of nitrogens with zero attached hydrogens (tertiary/aromatic N) is 2. The highest BCUT2D eigenvalue weighted by molar-refractivity contribution is 5.97. The highest BCUT2D eigenvalue weighted by atomic mass is 16.2. The molecule has 0 radical (unpaired) electrons. The van der Waals surface area contributed by atoms with Crippen molar-refractivity contribution < 1.29 is 9.59 Å². The lowest BCUT2D eigenvalue weighted by Crippen LogP contribution is -2.41. The number of pyridine rings is 2. The van der Waals surface area contributed by atoms with Crippen LogP contribution >= 0.6 is 0 Å². The van der Waals surface area contributed by atoms with Crippen molar-refractivity contribution in [1.29, 1.82) is 0 Å². The first-order valence-electron chi connectivity index (χ1n) is 11.1. The lowest BCUT2D eigenvalue weighted by Gasteiger charge is -2.30. The van der Waals surface area contributed by atoms with Gasteiger partial charge in [-0.1, -0.05) is 36.4 Å². The molecule has 4 rings (SSSR count). The van der Waals surface area contributed by atoms with Crippen molar-refractivity contribution in [1.82, 2.24) is 20.6 Å². The molecule has 2 aromatic carbocycles. The minimum atomic E-state index is -0.550. The summed E-state index contributed by atoms with van der Waals surface area (Å²) in [6.45, 7) is 3.80. The molecule has 6 nitrogen and oxygen atoms in total. The van der Waals surface area contributed by atoms with Crippen LogP contribution in [0.3, 0.4) is 0 Å². The van der Waals surface area contributed by atoms with E-state index in [0.29, 0.717) is 11.1 Å². The Morgan fingerprint density at radius 1 is 0.588 bits per heavy atom. The summed E-state index contributed by atoms with van der Waals surface area (Å²) in [5, 5.41) is 6.32. The van der Waals surface area contributed by atoms with Crippen LogP contribution in [0.25, 0.3) is 0 Å². The average molecular weight is 451 g/mol. The van der Waals surface area contributed by atoms with Crippen LogP contribution in [0.1, 0.15) is 55.1 Å². The van der Waals surface area contributed by atoms with Crippen molar-refractivity contribution >= 4 is 11.8 Å². The normalized spacial score (nSPS) is 12.4. The average Bonchev–Trinajstić information content (AvgIpc) is 2.87.